The van der Waals surface area contributed by atoms with Gasteiger partial charge in [0, 0.05) is 0 Å². The summed E-state index contributed by atoms with van der Waals surface area (Å²) >= 11 is 0. The smallest absolute Gasteiger partial charge is 0.101 e. The van der Waals surface area contributed by atoms with E-state index in [1.807, 2.05) is 24.3 Å². The molecule has 0 saturated heterocycles. The minimum absolute atomic E-state index is 0.253. The van der Waals surface area contributed by atoms with Gasteiger partial charge in [0.15, 0.2) is 0 Å². The van der Waals surface area contributed by atoms with Crippen molar-refractivity contribution < 1.29 is 14.6 Å². The molecule has 0 heterocycles. The molecule has 100 valence electrons. The quantitative estimate of drug-likeness (QED) is 0.504. The predicted molar refractivity (Wildman–Crippen MR) is 73.4 cm³/mol. The van der Waals surface area contributed by atoms with Crippen molar-refractivity contribution in [2.45, 2.75) is 24.5 Å². The molecule has 0 bridgehead atoms. The van der Waals surface area contributed by atoms with E-state index < -0.39 is 6.10 Å². The molecule has 0 aromatic heterocycles. The molecule has 0 spiro atoms. The monoisotopic (exact) mass is 250 g/mol. The molecule has 2 unspecified atom stereocenters. The van der Waals surface area contributed by atoms with Crippen LogP contribution in [0.1, 0.15) is 12.8 Å². The molecule has 1 aliphatic rings. The highest BCUT2D eigenvalue weighted by atomic mass is 16.5. The molecule has 0 amide bonds. The Bertz CT molecular complexity index is 316. The zero-order valence-electron chi connectivity index (χ0n) is 10.8. The molecule has 0 fully saturated rings. The molecule has 1 N–H and O–H groups in total. The Kier molecular flexibility index (Phi) is 6.65. The maximum Gasteiger partial charge on any atom is 0.101 e. The number of ether oxygens (including phenoxy) is 2. The van der Waals surface area contributed by atoms with Crippen molar-refractivity contribution in [2.24, 2.45) is 0 Å². The van der Waals surface area contributed by atoms with Gasteiger partial charge >= 0.3 is 0 Å². The van der Waals surface area contributed by atoms with Crippen LogP contribution in [-0.2, 0) is 9.47 Å². The molecular formula is C15H22O3. The highest BCUT2D eigenvalue weighted by Gasteiger charge is 2.27. The van der Waals surface area contributed by atoms with Gasteiger partial charge in [0.2, 0.25) is 0 Å². The summed E-state index contributed by atoms with van der Waals surface area (Å²) in [4.78, 5) is 0. The van der Waals surface area contributed by atoms with Crippen LogP contribution in [0, 0.1) is 0 Å². The van der Waals surface area contributed by atoms with Gasteiger partial charge in [-0.1, -0.05) is 36.5 Å². The molecule has 0 radical (unpaired) electrons. The Balaban J connectivity index is 2.38. The van der Waals surface area contributed by atoms with Crippen LogP contribution >= 0.6 is 0 Å². The SMILES string of the molecule is C=CCOCC(O)COC1(CC=C)C=CC=CC1. The van der Waals surface area contributed by atoms with E-state index in [0.717, 1.165) is 12.8 Å². The number of hydrogen-bond acceptors (Lipinski definition) is 3. The van der Waals surface area contributed by atoms with Gasteiger partial charge in [-0.25, -0.2) is 0 Å². The largest absolute Gasteiger partial charge is 0.388 e. The summed E-state index contributed by atoms with van der Waals surface area (Å²) in [5.74, 6) is 0. The second kappa shape index (κ2) is 8.03. The van der Waals surface area contributed by atoms with E-state index in [2.05, 4.69) is 19.2 Å². The van der Waals surface area contributed by atoms with E-state index in [4.69, 9.17) is 9.47 Å². The van der Waals surface area contributed by atoms with Gasteiger partial charge in [0.25, 0.3) is 0 Å². The normalized spacial score (nSPS) is 23.8. The van der Waals surface area contributed by atoms with E-state index in [0.29, 0.717) is 6.61 Å². The molecule has 0 saturated carbocycles. The lowest BCUT2D eigenvalue weighted by molar-refractivity contribution is -0.0696. The Labute approximate surface area is 109 Å². The minimum atomic E-state index is -0.619. The van der Waals surface area contributed by atoms with Crippen molar-refractivity contribution in [3.05, 3.63) is 49.6 Å². The summed E-state index contributed by atoms with van der Waals surface area (Å²) < 4.78 is 11.0. The molecule has 2 atom stereocenters. The molecule has 1 rings (SSSR count). The van der Waals surface area contributed by atoms with E-state index in [1.165, 1.54) is 0 Å². The van der Waals surface area contributed by atoms with Crippen LogP contribution in [0.25, 0.3) is 0 Å². The van der Waals surface area contributed by atoms with Crippen LogP contribution in [0.5, 0.6) is 0 Å². The van der Waals surface area contributed by atoms with Gasteiger partial charge in [-0.15, -0.1) is 13.2 Å². The first-order valence-electron chi connectivity index (χ1n) is 6.18. The summed E-state index contributed by atoms with van der Waals surface area (Å²) in [5, 5.41) is 9.74. The number of hydrogen-bond donors (Lipinski definition) is 1. The Morgan fingerprint density at radius 2 is 2.11 bits per heavy atom. The van der Waals surface area contributed by atoms with Crippen LogP contribution in [0.3, 0.4) is 0 Å². The van der Waals surface area contributed by atoms with E-state index in [9.17, 15) is 5.11 Å². The predicted octanol–water partition coefficient (Wildman–Crippen LogP) is 2.40. The third-order valence-electron chi connectivity index (χ3n) is 2.71. The minimum Gasteiger partial charge on any atom is -0.388 e. The van der Waals surface area contributed by atoms with Gasteiger partial charge in [-0.05, 0) is 12.8 Å². The Morgan fingerprint density at radius 1 is 1.28 bits per heavy atom. The fourth-order valence-electron chi connectivity index (χ4n) is 1.80. The topological polar surface area (TPSA) is 38.7 Å². The summed E-state index contributed by atoms with van der Waals surface area (Å²) in [6.07, 6.45) is 12.4. The molecule has 18 heavy (non-hydrogen) atoms. The molecular weight excluding hydrogens is 228 g/mol. The third-order valence-corrected chi connectivity index (χ3v) is 2.71. The second-order valence-electron chi connectivity index (χ2n) is 4.34. The number of aliphatic hydroxyl groups is 1. The highest BCUT2D eigenvalue weighted by molar-refractivity contribution is 5.19. The summed E-state index contributed by atoms with van der Waals surface area (Å²) in [5.41, 5.74) is -0.365. The maximum atomic E-state index is 9.74. The van der Waals surface area contributed by atoms with Crippen molar-refractivity contribution in [2.75, 3.05) is 19.8 Å². The molecule has 3 nitrogen and oxygen atoms in total. The van der Waals surface area contributed by atoms with Gasteiger partial charge in [0.05, 0.1) is 25.4 Å². The van der Waals surface area contributed by atoms with Crippen molar-refractivity contribution in [3.8, 4) is 0 Å². The number of rotatable bonds is 9. The zero-order chi connectivity index (χ0) is 13.3. The maximum absolute atomic E-state index is 9.74. The first-order valence-corrected chi connectivity index (χ1v) is 6.18. The lowest BCUT2D eigenvalue weighted by Crippen LogP contribution is -2.35. The van der Waals surface area contributed by atoms with Crippen molar-refractivity contribution in [1.29, 1.82) is 0 Å². The summed E-state index contributed by atoms with van der Waals surface area (Å²) in [6, 6.07) is 0. The Hall–Kier alpha value is -1.16. The molecule has 0 aromatic carbocycles. The van der Waals surface area contributed by atoms with E-state index >= 15 is 0 Å². The molecule has 0 aromatic rings. The van der Waals surface area contributed by atoms with E-state index in [1.54, 1.807) is 6.08 Å². The van der Waals surface area contributed by atoms with Crippen LogP contribution in [0.15, 0.2) is 49.6 Å². The lowest BCUT2D eigenvalue weighted by atomic mass is 9.91. The van der Waals surface area contributed by atoms with Crippen LogP contribution in [0.4, 0.5) is 0 Å². The van der Waals surface area contributed by atoms with E-state index in [-0.39, 0.29) is 18.8 Å². The third kappa shape index (κ3) is 5.00. The fourth-order valence-corrected chi connectivity index (χ4v) is 1.80. The van der Waals surface area contributed by atoms with Gasteiger partial charge in [-0.3, -0.25) is 0 Å². The molecule has 0 aliphatic heterocycles. The van der Waals surface area contributed by atoms with Crippen LogP contribution < -0.4 is 0 Å². The summed E-state index contributed by atoms with van der Waals surface area (Å²) in [6.45, 7) is 8.25. The summed E-state index contributed by atoms with van der Waals surface area (Å²) in [7, 11) is 0. The lowest BCUT2D eigenvalue weighted by Gasteiger charge is -2.31. The average Bonchev–Trinajstić information content (AvgIpc) is 2.38. The van der Waals surface area contributed by atoms with Crippen LogP contribution in [0.2, 0.25) is 0 Å². The van der Waals surface area contributed by atoms with Crippen LogP contribution in [-0.4, -0.2) is 36.6 Å². The zero-order valence-corrected chi connectivity index (χ0v) is 10.8. The van der Waals surface area contributed by atoms with Gasteiger partial charge < -0.3 is 14.6 Å². The van der Waals surface area contributed by atoms with Crippen molar-refractivity contribution in [1.82, 2.24) is 0 Å². The fraction of sp³-hybridized carbons (Fsp3) is 0.467. The molecule has 3 heteroatoms. The highest BCUT2D eigenvalue weighted by Crippen LogP contribution is 2.26. The molecule has 1 aliphatic carbocycles. The average molecular weight is 250 g/mol. The number of aliphatic hydroxyl groups excluding tert-OH is 1. The first kappa shape index (κ1) is 14.9. The van der Waals surface area contributed by atoms with Gasteiger partial charge in [0.1, 0.15) is 6.10 Å². The van der Waals surface area contributed by atoms with Crippen molar-refractivity contribution >= 4 is 0 Å². The van der Waals surface area contributed by atoms with Crippen molar-refractivity contribution in [3.63, 3.8) is 0 Å². The Morgan fingerprint density at radius 3 is 2.72 bits per heavy atom. The standard InChI is InChI=1S/C15H22O3/c1-3-8-15(9-6-5-7-10-15)18-13-14(16)12-17-11-4-2/h3-7,9,14,16H,1-2,8,10-13H2. The second-order valence-corrected chi connectivity index (χ2v) is 4.34. The first-order chi connectivity index (χ1) is 8.72. The van der Waals surface area contributed by atoms with Gasteiger partial charge in [-0.2, -0.15) is 0 Å². The number of allylic oxidation sites excluding steroid dienone is 2.